The second kappa shape index (κ2) is 8.97. The van der Waals surface area contributed by atoms with Crippen molar-refractivity contribution in [1.29, 1.82) is 0 Å². The summed E-state index contributed by atoms with van der Waals surface area (Å²) in [5, 5.41) is 15.9. The predicted octanol–water partition coefficient (Wildman–Crippen LogP) is 3.84. The number of nitrogens with zero attached hydrogens (tertiary/aromatic N) is 5. The Morgan fingerprint density at radius 1 is 1.24 bits per heavy atom. The standard InChI is InChI=1S/C22H28N6S/c1-3-21(20-8-7-17(12-22(20)29)18-13-23-24-14-18)26-25-16(2)28-11-10-27-9-5-4-6-19(27)15-28/h3,7-8,12-14,19,29H,1,4-6,9-11,15H2,2H3,(H,23,24)/b25-16+,26-21+. The highest BCUT2D eigenvalue weighted by molar-refractivity contribution is 7.80. The number of H-pyrrole nitrogens is 1. The van der Waals surface area contributed by atoms with Crippen LogP contribution in [0.1, 0.15) is 31.7 Å². The number of amidine groups is 1. The summed E-state index contributed by atoms with van der Waals surface area (Å²) in [6, 6.07) is 6.72. The maximum Gasteiger partial charge on any atom is 0.124 e. The van der Waals surface area contributed by atoms with Gasteiger partial charge in [-0.2, -0.15) is 5.10 Å². The number of thiol groups is 1. The first-order valence-corrected chi connectivity index (χ1v) is 10.7. The van der Waals surface area contributed by atoms with Crippen molar-refractivity contribution in [2.24, 2.45) is 10.2 Å². The maximum absolute atomic E-state index is 4.67. The third-order valence-corrected chi connectivity index (χ3v) is 6.27. The Kier molecular flexibility index (Phi) is 6.16. The van der Waals surface area contributed by atoms with Crippen molar-refractivity contribution in [2.75, 3.05) is 26.2 Å². The van der Waals surface area contributed by atoms with E-state index < -0.39 is 0 Å². The zero-order chi connectivity index (χ0) is 20.2. The van der Waals surface area contributed by atoms with Crippen LogP contribution >= 0.6 is 12.6 Å². The van der Waals surface area contributed by atoms with E-state index in [1.807, 2.05) is 31.3 Å². The molecule has 2 aliphatic rings. The van der Waals surface area contributed by atoms with Gasteiger partial charge in [0, 0.05) is 47.9 Å². The van der Waals surface area contributed by atoms with Crippen molar-refractivity contribution >= 4 is 24.2 Å². The summed E-state index contributed by atoms with van der Waals surface area (Å²) in [7, 11) is 0. The van der Waals surface area contributed by atoms with Gasteiger partial charge in [-0.05, 0) is 44.0 Å². The van der Waals surface area contributed by atoms with Crippen molar-refractivity contribution in [3.63, 3.8) is 0 Å². The molecule has 0 bridgehead atoms. The third-order valence-electron chi connectivity index (χ3n) is 5.90. The van der Waals surface area contributed by atoms with E-state index in [2.05, 4.69) is 49.4 Å². The molecule has 1 aromatic heterocycles. The Labute approximate surface area is 177 Å². The molecule has 0 spiro atoms. The lowest BCUT2D eigenvalue weighted by molar-refractivity contribution is 0.0799. The van der Waals surface area contributed by atoms with Crippen molar-refractivity contribution in [2.45, 2.75) is 37.1 Å². The van der Waals surface area contributed by atoms with Gasteiger partial charge in [0.05, 0.1) is 11.9 Å². The molecule has 3 heterocycles. The fraction of sp³-hybridized carbons (Fsp3) is 0.409. The molecular formula is C22H28N6S. The van der Waals surface area contributed by atoms with E-state index in [0.29, 0.717) is 6.04 Å². The molecule has 2 saturated heterocycles. The second-order valence-electron chi connectivity index (χ2n) is 7.69. The van der Waals surface area contributed by atoms with Crippen molar-refractivity contribution in [3.05, 3.63) is 48.8 Å². The van der Waals surface area contributed by atoms with Gasteiger partial charge in [-0.1, -0.05) is 25.1 Å². The van der Waals surface area contributed by atoms with Crippen LogP contribution in [0.2, 0.25) is 0 Å². The van der Waals surface area contributed by atoms with Gasteiger partial charge in [0.2, 0.25) is 0 Å². The van der Waals surface area contributed by atoms with Gasteiger partial charge < -0.3 is 4.90 Å². The molecule has 4 rings (SSSR count). The summed E-state index contributed by atoms with van der Waals surface area (Å²) >= 11 is 4.67. The maximum atomic E-state index is 4.67. The summed E-state index contributed by atoms with van der Waals surface area (Å²) in [5.41, 5.74) is 3.73. The SMILES string of the molecule is C=C/C(=N\N=C(/C)N1CCN2CCCCC2C1)c1ccc(-c2cn[nH]c2)cc1S. The minimum atomic E-state index is 0.657. The Morgan fingerprint density at radius 3 is 2.90 bits per heavy atom. The number of aromatic amines is 1. The van der Waals surface area contributed by atoms with Crippen LogP contribution in [-0.4, -0.2) is 63.8 Å². The van der Waals surface area contributed by atoms with Crippen molar-refractivity contribution < 1.29 is 0 Å². The number of fused-ring (bicyclic) bond motifs is 1. The van der Waals surface area contributed by atoms with E-state index in [1.54, 1.807) is 12.3 Å². The Morgan fingerprint density at radius 2 is 2.14 bits per heavy atom. The van der Waals surface area contributed by atoms with Crippen molar-refractivity contribution in [1.82, 2.24) is 20.0 Å². The first kappa shape index (κ1) is 19.9. The number of aromatic nitrogens is 2. The number of benzene rings is 1. The highest BCUT2D eigenvalue weighted by Gasteiger charge is 2.29. The number of rotatable bonds is 4. The van der Waals surface area contributed by atoms with Crippen LogP contribution in [0.15, 0.2) is 58.3 Å². The van der Waals surface area contributed by atoms with Gasteiger partial charge in [0.25, 0.3) is 0 Å². The number of piperidine rings is 1. The predicted molar refractivity (Wildman–Crippen MR) is 122 cm³/mol. The summed E-state index contributed by atoms with van der Waals surface area (Å²) < 4.78 is 0. The van der Waals surface area contributed by atoms with Gasteiger partial charge >= 0.3 is 0 Å². The molecule has 0 aliphatic carbocycles. The highest BCUT2D eigenvalue weighted by atomic mass is 32.1. The zero-order valence-electron chi connectivity index (χ0n) is 16.9. The molecule has 2 fully saturated rings. The number of hydrogen-bond acceptors (Lipinski definition) is 5. The topological polar surface area (TPSA) is 59.9 Å². The van der Waals surface area contributed by atoms with Crippen LogP contribution in [0.4, 0.5) is 0 Å². The summed E-state index contributed by atoms with van der Waals surface area (Å²) in [5.74, 6) is 0.963. The quantitative estimate of drug-likeness (QED) is 0.350. The fourth-order valence-corrected chi connectivity index (χ4v) is 4.51. The molecule has 2 aliphatic heterocycles. The van der Waals surface area contributed by atoms with E-state index in [4.69, 9.17) is 0 Å². The average molecular weight is 409 g/mol. The van der Waals surface area contributed by atoms with E-state index in [1.165, 1.54) is 25.8 Å². The molecule has 1 unspecified atom stereocenters. The molecule has 6 nitrogen and oxygen atoms in total. The minimum Gasteiger partial charge on any atom is -0.356 e. The zero-order valence-corrected chi connectivity index (χ0v) is 17.8. The van der Waals surface area contributed by atoms with Crippen LogP contribution in [-0.2, 0) is 0 Å². The Balaban J connectivity index is 1.50. The molecular weight excluding hydrogens is 380 g/mol. The van der Waals surface area contributed by atoms with Crippen LogP contribution in [0.3, 0.4) is 0 Å². The molecule has 0 amide bonds. The average Bonchev–Trinajstić information content (AvgIpc) is 3.29. The van der Waals surface area contributed by atoms with Gasteiger partial charge in [-0.15, -0.1) is 22.8 Å². The van der Waals surface area contributed by atoms with E-state index in [-0.39, 0.29) is 0 Å². The van der Waals surface area contributed by atoms with Gasteiger partial charge in [0.1, 0.15) is 5.84 Å². The first-order valence-electron chi connectivity index (χ1n) is 10.2. The third kappa shape index (κ3) is 4.46. The van der Waals surface area contributed by atoms with E-state index >= 15 is 0 Å². The van der Waals surface area contributed by atoms with E-state index in [0.717, 1.165) is 52.8 Å². The lowest BCUT2D eigenvalue weighted by atomic mass is 9.99. The van der Waals surface area contributed by atoms with Gasteiger partial charge in [0.15, 0.2) is 0 Å². The van der Waals surface area contributed by atoms with Crippen LogP contribution in [0.5, 0.6) is 0 Å². The molecule has 1 atom stereocenters. The first-order chi connectivity index (χ1) is 14.2. The lowest BCUT2D eigenvalue weighted by Crippen LogP contribution is -2.55. The number of piperazine rings is 1. The highest BCUT2D eigenvalue weighted by Crippen LogP contribution is 2.25. The summed E-state index contributed by atoms with van der Waals surface area (Å²) in [4.78, 5) is 5.83. The molecule has 0 radical (unpaired) electrons. The Hall–Kier alpha value is -2.38. The smallest absolute Gasteiger partial charge is 0.124 e. The van der Waals surface area contributed by atoms with E-state index in [9.17, 15) is 0 Å². The normalized spacial score (nSPS) is 21.2. The molecule has 1 aromatic carbocycles. The Bertz CT molecular complexity index is 917. The number of hydrogen-bond donors (Lipinski definition) is 2. The molecule has 29 heavy (non-hydrogen) atoms. The van der Waals surface area contributed by atoms with Gasteiger partial charge in [-0.3, -0.25) is 10.00 Å². The van der Waals surface area contributed by atoms with Crippen LogP contribution in [0.25, 0.3) is 11.1 Å². The van der Waals surface area contributed by atoms with Crippen LogP contribution < -0.4 is 0 Å². The lowest BCUT2D eigenvalue weighted by Gasteiger charge is -2.44. The monoisotopic (exact) mass is 408 g/mol. The number of nitrogens with one attached hydrogen (secondary N) is 1. The molecule has 152 valence electrons. The van der Waals surface area contributed by atoms with Crippen LogP contribution in [0, 0.1) is 0 Å². The fourth-order valence-electron chi connectivity index (χ4n) is 4.18. The summed E-state index contributed by atoms with van der Waals surface area (Å²) in [6.07, 6.45) is 9.36. The number of allylic oxidation sites excluding steroid dienone is 1. The van der Waals surface area contributed by atoms with Crippen molar-refractivity contribution in [3.8, 4) is 11.1 Å². The molecule has 7 heteroatoms. The molecule has 2 aromatic rings. The molecule has 0 saturated carbocycles. The molecule has 1 N–H and O–H groups in total. The second-order valence-corrected chi connectivity index (χ2v) is 8.17. The van der Waals surface area contributed by atoms with Gasteiger partial charge in [-0.25, -0.2) is 0 Å². The summed E-state index contributed by atoms with van der Waals surface area (Å²) in [6.45, 7) is 10.4. The largest absolute Gasteiger partial charge is 0.356 e. The minimum absolute atomic E-state index is 0.657.